The van der Waals surface area contributed by atoms with E-state index in [4.69, 9.17) is 4.52 Å². The smallest absolute Gasteiger partial charge is 0.259 e. The van der Waals surface area contributed by atoms with Crippen LogP contribution in [0.4, 0.5) is 8.78 Å². The summed E-state index contributed by atoms with van der Waals surface area (Å²) in [6, 6.07) is 8.30. The van der Waals surface area contributed by atoms with Crippen molar-refractivity contribution in [1.82, 2.24) is 15.0 Å². The summed E-state index contributed by atoms with van der Waals surface area (Å²) < 4.78 is 33.5. The molecule has 3 atom stereocenters. The fraction of sp³-hybridized carbons (Fsp3) is 0.500. The Morgan fingerprint density at radius 2 is 1.65 bits per heavy atom. The Labute approximate surface area is 269 Å². The first-order valence-corrected chi connectivity index (χ1v) is 16.2. The Bertz CT molecular complexity index is 1510. The molecule has 0 saturated carbocycles. The second kappa shape index (κ2) is 15.6. The first-order valence-electron chi connectivity index (χ1n) is 16.2. The van der Waals surface area contributed by atoms with E-state index < -0.39 is 23.7 Å². The van der Waals surface area contributed by atoms with Crippen LogP contribution in [0.2, 0.25) is 0 Å². The fourth-order valence-electron chi connectivity index (χ4n) is 6.61. The Balaban J connectivity index is 1.60. The minimum Gasteiger partial charge on any atom is -0.392 e. The molecule has 2 amide bonds. The van der Waals surface area contributed by atoms with Crippen LogP contribution in [0.3, 0.4) is 0 Å². The second-order valence-electron chi connectivity index (χ2n) is 12.6. The first kappa shape index (κ1) is 34.9. The quantitative estimate of drug-likeness (QED) is 0.215. The average Bonchev–Trinajstić information content (AvgIpc) is 3.35. The molecule has 0 aliphatic carbocycles. The summed E-state index contributed by atoms with van der Waals surface area (Å²) in [5.41, 5.74) is 2.74. The fourth-order valence-corrected chi connectivity index (χ4v) is 6.61. The van der Waals surface area contributed by atoms with Gasteiger partial charge < -0.3 is 19.4 Å². The summed E-state index contributed by atoms with van der Waals surface area (Å²) in [5.74, 6) is -2.79. The van der Waals surface area contributed by atoms with E-state index in [9.17, 15) is 28.3 Å². The van der Waals surface area contributed by atoms with E-state index in [1.54, 1.807) is 41.8 Å². The molecule has 1 aliphatic heterocycles. The van der Waals surface area contributed by atoms with Gasteiger partial charge in [-0.1, -0.05) is 19.0 Å². The molecule has 46 heavy (non-hydrogen) atoms. The van der Waals surface area contributed by atoms with Gasteiger partial charge in [0.2, 0.25) is 0 Å². The molecular formula is C36H45F2N3O5. The monoisotopic (exact) mass is 637 g/mol. The number of aryl methyl sites for hydroxylation is 3. The van der Waals surface area contributed by atoms with Gasteiger partial charge in [-0.05, 0) is 100 Å². The van der Waals surface area contributed by atoms with E-state index in [0.29, 0.717) is 66.2 Å². The number of carbonyl (C=O) groups is 3. The van der Waals surface area contributed by atoms with Gasteiger partial charge in [0.1, 0.15) is 23.0 Å². The molecule has 1 fully saturated rings. The Morgan fingerprint density at radius 3 is 2.26 bits per heavy atom. The third kappa shape index (κ3) is 8.46. The van der Waals surface area contributed by atoms with Crippen molar-refractivity contribution in [1.29, 1.82) is 0 Å². The lowest BCUT2D eigenvalue weighted by Gasteiger charge is -2.38. The maximum Gasteiger partial charge on any atom is 0.259 e. The highest BCUT2D eigenvalue weighted by Crippen LogP contribution is 2.31. The van der Waals surface area contributed by atoms with Crippen molar-refractivity contribution in [3.8, 4) is 0 Å². The molecule has 1 N–H and O–H groups in total. The number of carbonyl (C=O) groups excluding carboxylic acids is 3. The van der Waals surface area contributed by atoms with Gasteiger partial charge in [-0.15, -0.1) is 0 Å². The molecule has 4 rings (SSSR count). The van der Waals surface area contributed by atoms with Crippen LogP contribution in [0, 0.1) is 44.2 Å². The zero-order valence-electron chi connectivity index (χ0n) is 27.4. The summed E-state index contributed by atoms with van der Waals surface area (Å²) in [4.78, 5) is 44.1. The zero-order chi connectivity index (χ0) is 33.5. The van der Waals surface area contributed by atoms with Gasteiger partial charge in [0.05, 0.1) is 11.8 Å². The number of halogens is 2. The van der Waals surface area contributed by atoms with Gasteiger partial charge in [0, 0.05) is 55.7 Å². The molecule has 0 radical (unpaired) electrons. The summed E-state index contributed by atoms with van der Waals surface area (Å²) in [6.07, 6.45) is 1.76. The Morgan fingerprint density at radius 1 is 1.00 bits per heavy atom. The molecule has 1 saturated heterocycles. The molecule has 2 heterocycles. The summed E-state index contributed by atoms with van der Waals surface area (Å²) in [5, 5.41) is 15.7. The molecule has 0 unspecified atom stereocenters. The van der Waals surface area contributed by atoms with Crippen LogP contribution >= 0.6 is 0 Å². The number of hydrogen-bond acceptors (Lipinski definition) is 6. The topological polar surface area (TPSA) is 104 Å². The van der Waals surface area contributed by atoms with Gasteiger partial charge >= 0.3 is 0 Å². The lowest BCUT2D eigenvalue weighted by atomic mass is 9.79. The van der Waals surface area contributed by atoms with Crippen molar-refractivity contribution in [2.75, 3.05) is 26.2 Å². The number of hydrogen-bond donors (Lipinski definition) is 1. The summed E-state index contributed by atoms with van der Waals surface area (Å²) >= 11 is 0. The average molecular weight is 638 g/mol. The zero-order valence-corrected chi connectivity index (χ0v) is 27.4. The molecule has 248 valence electrons. The maximum absolute atomic E-state index is 14.2. The van der Waals surface area contributed by atoms with Crippen LogP contribution in [0.15, 0.2) is 40.9 Å². The number of rotatable bonds is 13. The third-order valence-electron chi connectivity index (χ3n) is 8.75. The number of ketones is 1. The number of nitrogens with zero attached hydrogens (tertiary/aromatic N) is 3. The van der Waals surface area contributed by atoms with Gasteiger partial charge in [-0.2, -0.15) is 0 Å². The highest BCUT2D eigenvalue weighted by Gasteiger charge is 2.36. The predicted octanol–water partition coefficient (Wildman–Crippen LogP) is 6.49. The molecule has 0 spiro atoms. The van der Waals surface area contributed by atoms with Crippen molar-refractivity contribution in [2.45, 2.75) is 79.2 Å². The number of aliphatic hydroxyl groups is 1. The third-order valence-corrected chi connectivity index (χ3v) is 8.75. The van der Waals surface area contributed by atoms with Crippen molar-refractivity contribution < 1.29 is 32.8 Å². The molecule has 1 aromatic heterocycles. The number of Topliss-reactive ketones (excluding diaryl/α,β-unsaturated/α-hetero) is 1. The molecular weight excluding hydrogens is 592 g/mol. The predicted molar refractivity (Wildman–Crippen MR) is 171 cm³/mol. The van der Waals surface area contributed by atoms with Crippen molar-refractivity contribution in [3.05, 3.63) is 87.3 Å². The van der Waals surface area contributed by atoms with Crippen molar-refractivity contribution in [3.63, 3.8) is 0 Å². The largest absolute Gasteiger partial charge is 0.392 e. The highest BCUT2D eigenvalue weighted by atomic mass is 19.1. The highest BCUT2D eigenvalue weighted by molar-refractivity contribution is 6.01. The lowest BCUT2D eigenvalue weighted by Crippen LogP contribution is -2.46. The number of amides is 2. The minimum absolute atomic E-state index is 0.0499. The Hall–Kier alpha value is -3.92. The van der Waals surface area contributed by atoms with Crippen molar-refractivity contribution >= 4 is 17.6 Å². The lowest BCUT2D eigenvalue weighted by molar-refractivity contribution is 0.00999. The molecule has 2 aromatic carbocycles. The molecule has 0 bridgehead atoms. The van der Waals surface area contributed by atoms with E-state index in [-0.39, 0.29) is 42.9 Å². The van der Waals surface area contributed by atoms with Gasteiger partial charge in [-0.3, -0.25) is 14.4 Å². The normalized spacial score (nSPS) is 16.3. The number of piperidine rings is 1. The molecule has 10 heteroatoms. The Kier molecular flexibility index (Phi) is 11.8. The SMILES string of the molecule is CCCN(CCC)C(=O)c1cc(C)cc(C(=O)C[C@@H](Cc2cc(F)cc(F)c2)[C@H](O)[C@@H]2CCCN(C(=O)c3c(C)noc3C)C2)c1. The van der Waals surface area contributed by atoms with E-state index in [0.717, 1.165) is 24.5 Å². The first-order chi connectivity index (χ1) is 21.9. The number of likely N-dealkylation sites (tertiary alicyclic amines) is 1. The number of aliphatic hydroxyl groups excluding tert-OH is 1. The van der Waals surface area contributed by atoms with E-state index in [1.165, 1.54) is 12.1 Å². The van der Waals surface area contributed by atoms with Crippen LogP contribution in [-0.2, 0) is 6.42 Å². The van der Waals surface area contributed by atoms with Crippen LogP contribution in [-0.4, -0.2) is 69.9 Å². The number of benzene rings is 2. The van der Waals surface area contributed by atoms with Crippen molar-refractivity contribution in [2.24, 2.45) is 11.8 Å². The van der Waals surface area contributed by atoms with Gasteiger partial charge in [0.15, 0.2) is 5.78 Å². The van der Waals surface area contributed by atoms with E-state index in [2.05, 4.69) is 5.16 Å². The van der Waals surface area contributed by atoms with Gasteiger partial charge in [0.25, 0.3) is 11.8 Å². The maximum atomic E-state index is 14.2. The second-order valence-corrected chi connectivity index (χ2v) is 12.6. The standard InChI is InChI=1S/C36H45F2N3O5/c1-6-10-40(11-7-2)35(44)29-14-22(3)13-27(18-29)32(42)19-28(15-25-16-30(37)20-31(38)17-25)34(43)26-9-8-12-41(21-26)36(45)33-23(4)39-46-24(33)5/h13-14,16-18,20,26,28,34,43H,6-12,15,19,21H2,1-5H3/t26-,28-,34-/m1/s1. The minimum atomic E-state index is -1.05. The van der Waals surface area contributed by atoms with Crippen LogP contribution in [0.5, 0.6) is 0 Å². The molecule has 3 aromatic rings. The van der Waals surface area contributed by atoms with E-state index in [1.807, 2.05) is 20.8 Å². The number of aromatic nitrogens is 1. The van der Waals surface area contributed by atoms with Crippen LogP contribution in [0.25, 0.3) is 0 Å². The summed E-state index contributed by atoms with van der Waals surface area (Å²) in [6.45, 7) is 11.2. The van der Waals surface area contributed by atoms with E-state index >= 15 is 0 Å². The summed E-state index contributed by atoms with van der Waals surface area (Å²) in [7, 11) is 0. The van der Waals surface area contributed by atoms with Crippen LogP contribution in [0.1, 0.15) is 99.6 Å². The molecule has 1 aliphatic rings. The molecule has 8 nitrogen and oxygen atoms in total. The van der Waals surface area contributed by atoms with Gasteiger partial charge in [-0.25, -0.2) is 8.78 Å². The van der Waals surface area contributed by atoms with Crippen LogP contribution < -0.4 is 0 Å².